The molecule has 2 aromatic rings. The Kier molecular flexibility index (Phi) is 3.99. The van der Waals surface area contributed by atoms with Crippen molar-refractivity contribution in [2.24, 2.45) is 5.92 Å². The van der Waals surface area contributed by atoms with Gasteiger partial charge in [-0.2, -0.15) is 0 Å². The maximum atomic E-state index is 13.0. The average Bonchev–Trinajstić information content (AvgIpc) is 2.72. The summed E-state index contributed by atoms with van der Waals surface area (Å²) in [5.74, 6) is 0.394. The first-order valence-electron chi connectivity index (χ1n) is 5.96. The second-order valence-electron chi connectivity index (χ2n) is 4.64. The fourth-order valence-corrected chi connectivity index (χ4v) is 2.05. The number of hydrogen-bond acceptors (Lipinski definition) is 3. The van der Waals surface area contributed by atoms with Gasteiger partial charge in [0.15, 0.2) is 0 Å². The molecule has 0 saturated heterocycles. The number of fused-ring (bicyclic) bond motifs is 1. The summed E-state index contributed by atoms with van der Waals surface area (Å²) in [5.41, 5.74) is 0.588. The SMILES string of the molecule is COCC(C)CC(O)c1cc2cc(F)ccc2o1. The number of halogens is 1. The maximum absolute atomic E-state index is 13.0. The largest absolute Gasteiger partial charge is 0.458 e. The number of aliphatic hydroxyl groups excluding tert-OH is 1. The summed E-state index contributed by atoms with van der Waals surface area (Å²) >= 11 is 0. The highest BCUT2D eigenvalue weighted by molar-refractivity contribution is 5.77. The van der Waals surface area contributed by atoms with Gasteiger partial charge < -0.3 is 14.3 Å². The molecular formula is C14H17FO3. The molecule has 1 N–H and O–H groups in total. The highest BCUT2D eigenvalue weighted by Crippen LogP contribution is 2.28. The normalized spacial score (nSPS) is 14.9. The third kappa shape index (κ3) is 2.89. The Morgan fingerprint density at radius 2 is 2.17 bits per heavy atom. The minimum absolute atomic E-state index is 0.231. The zero-order valence-electron chi connectivity index (χ0n) is 10.5. The molecule has 3 nitrogen and oxygen atoms in total. The molecule has 0 radical (unpaired) electrons. The van der Waals surface area contributed by atoms with Crippen LogP contribution in [0, 0.1) is 11.7 Å². The summed E-state index contributed by atoms with van der Waals surface area (Å²) in [7, 11) is 1.63. The van der Waals surface area contributed by atoms with E-state index in [2.05, 4.69) is 0 Å². The van der Waals surface area contributed by atoms with E-state index in [1.165, 1.54) is 12.1 Å². The fourth-order valence-electron chi connectivity index (χ4n) is 2.05. The van der Waals surface area contributed by atoms with E-state index in [1.807, 2.05) is 6.92 Å². The lowest BCUT2D eigenvalue weighted by Crippen LogP contribution is -2.08. The molecule has 0 fully saturated rings. The Hall–Kier alpha value is -1.39. The van der Waals surface area contributed by atoms with Crippen LogP contribution in [0.15, 0.2) is 28.7 Å². The van der Waals surface area contributed by atoms with Gasteiger partial charge in [0.25, 0.3) is 0 Å². The van der Waals surface area contributed by atoms with E-state index in [0.29, 0.717) is 29.8 Å². The molecule has 4 heteroatoms. The van der Waals surface area contributed by atoms with Gasteiger partial charge in [0.05, 0.1) is 0 Å². The highest BCUT2D eigenvalue weighted by atomic mass is 19.1. The smallest absolute Gasteiger partial charge is 0.134 e. The number of benzene rings is 1. The Bertz CT molecular complexity index is 521. The molecule has 98 valence electrons. The molecule has 2 atom stereocenters. The summed E-state index contributed by atoms with van der Waals surface area (Å²) in [6.07, 6.45) is -0.138. The summed E-state index contributed by atoms with van der Waals surface area (Å²) in [6.45, 7) is 2.58. The molecule has 0 aliphatic rings. The number of aliphatic hydroxyl groups is 1. The maximum Gasteiger partial charge on any atom is 0.134 e. The fraction of sp³-hybridized carbons (Fsp3) is 0.429. The van der Waals surface area contributed by atoms with E-state index < -0.39 is 6.10 Å². The second-order valence-corrected chi connectivity index (χ2v) is 4.64. The molecule has 0 spiro atoms. The van der Waals surface area contributed by atoms with E-state index in [-0.39, 0.29) is 11.7 Å². The van der Waals surface area contributed by atoms with Crippen molar-refractivity contribution in [1.29, 1.82) is 0 Å². The molecule has 1 aromatic carbocycles. The summed E-state index contributed by atoms with van der Waals surface area (Å²) in [4.78, 5) is 0. The average molecular weight is 252 g/mol. The molecule has 0 saturated carbocycles. The van der Waals surface area contributed by atoms with Crippen LogP contribution in [0.5, 0.6) is 0 Å². The first-order valence-corrected chi connectivity index (χ1v) is 5.96. The van der Waals surface area contributed by atoms with Crippen molar-refractivity contribution in [2.75, 3.05) is 13.7 Å². The minimum atomic E-state index is -0.689. The monoisotopic (exact) mass is 252 g/mol. The van der Waals surface area contributed by atoms with Gasteiger partial charge in [-0.25, -0.2) is 4.39 Å². The van der Waals surface area contributed by atoms with Gasteiger partial charge in [-0.15, -0.1) is 0 Å². The first kappa shape index (κ1) is 13.1. The van der Waals surface area contributed by atoms with E-state index in [4.69, 9.17) is 9.15 Å². The van der Waals surface area contributed by atoms with Crippen molar-refractivity contribution in [3.63, 3.8) is 0 Å². The zero-order valence-corrected chi connectivity index (χ0v) is 10.5. The molecule has 0 amide bonds. The second kappa shape index (κ2) is 5.50. The van der Waals surface area contributed by atoms with Gasteiger partial charge in [0.1, 0.15) is 23.3 Å². The molecular weight excluding hydrogens is 235 g/mol. The number of hydrogen-bond donors (Lipinski definition) is 1. The first-order chi connectivity index (χ1) is 8.60. The lowest BCUT2D eigenvalue weighted by atomic mass is 10.0. The van der Waals surface area contributed by atoms with Crippen LogP contribution in [0.3, 0.4) is 0 Å². The van der Waals surface area contributed by atoms with Gasteiger partial charge in [0.2, 0.25) is 0 Å². The van der Waals surface area contributed by atoms with Gasteiger partial charge in [-0.05, 0) is 36.6 Å². The van der Waals surface area contributed by atoms with Crippen molar-refractivity contribution in [1.82, 2.24) is 0 Å². The third-order valence-electron chi connectivity index (χ3n) is 2.90. The van der Waals surface area contributed by atoms with Crippen LogP contribution in [0.25, 0.3) is 11.0 Å². The van der Waals surface area contributed by atoms with E-state index in [9.17, 15) is 9.50 Å². The van der Waals surface area contributed by atoms with Crippen molar-refractivity contribution in [3.05, 3.63) is 35.8 Å². The Labute approximate surface area is 105 Å². The molecule has 1 aromatic heterocycles. The number of ether oxygens (including phenoxy) is 1. The molecule has 0 bridgehead atoms. The topological polar surface area (TPSA) is 42.6 Å². The predicted molar refractivity (Wildman–Crippen MR) is 66.8 cm³/mol. The van der Waals surface area contributed by atoms with Crippen LogP contribution in [0.2, 0.25) is 0 Å². The summed E-state index contributed by atoms with van der Waals surface area (Å²) < 4.78 is 23.6. The van der Waals surface area contributed by atoms with Crippen molar-refractivity contribution < 1.29 is 18.7 Å². The van der Waals surface area contributed by atoms with Gasteiger partial charge in [0, 0.05) is 19.1 Å². The van der Waals surface area contributed by atoms with Crippen molar-refractivity contribution in [3.8, 4) is 0 Å². The minimum Gasteiger partial charge on any atom is -0.458 e. The number of rotatable bonds is 5. The molecule has 2 rings (SSSR count). The lowest BCUT2D eigenvalue weighted by Gasteiger charge is -2.13. The lowest BCUT2D eigenvalue weighted by molar-refractivity contribution is 0.0896. The molecule has 1 heterocycles. The van der Waals surface area contributed by atoms with Crippen molar-refractivity contribution in [2.45, 2.75) is 19.4 Å². The van der Waals surface area contributed by atoms with Crippen LogP contribution < -0.4 is 0 Å². The Morgan fingerprint density at radius 1 is 1.39 bits per heavy atom. The van der Waals surface area contributed by atoms with Crippen LogP contribution in [0.4, 0.5) is 4.39 Å². The van der Waals surface area contributed by atoms with Crippen LogP contribution >= 0.6 is 0 Å². The van der Waals surface area contributed by atoms with Crippen molar-refractivity contribution >= 4 is 11.0 Å². The van der Waals surface area contributed by atoms with E-state index in [1.54, 1.807) is 19.2 Å². The molecule has 2 unspecified atom stereocenters. The molecule has 18 heavy (non-hydrogen) atoms. The number of methoxy groups -OCH3 is 1. The quantitative estimate of drug-likeness (QED) is 0.888. The van der Waals surface area contributed by atoms with Gasteiger partial charge in [-0.3, -0.25) is 0 Å². The third-order valence-corrected chi connectivity index (χ3v) is 2.90. The van der Waals surface area contributed by atoms with Crippen LogP contribution in [-0.4, -0.2) is 18.8 Å². The molecule has 0 aliphatic carbocycles. The van der Waals surface area contributed by atoms with Gasteiger partial charge in [-0.1, -0.05) is 6.92 Å². The Balaban J connectivity index is 2.15. The molecule has 0 aliphatic heterocycles. The summed E-state index contributed by atoms with van der Waals surface area (Å²) in [5, 5.41) is 10.7. The van der Waals surface area contributed by atoms with Crippen LogP contribution in [-0.2, 0) is 4.74 Å². The van der Waals surface area contributed by atoms with E-state index in [0.717, 1.165) is 0 Å². The number of furan rings is 1. The zero-order chi connectivity index (χ0) is 13.1. The van der Waals surface area contributed by atoms with Crippen LogP contribution in [0.1, 0.15) is 25.2 Å². The van der Waals surface area contributed by atoms with Gasteiger partial charge >= 0.3 is 0 Å². The standard InChI is InChI=1S/C14H17FO3/c1-9(8-17-2)5-12(16)14-7-10-6-11(15)3-4-13(10)18-14/h3-4,6-7,9,12,16H,5,8H2,1-2H3. The summed E-state index contributed by atoms with van der Waals surface area (Å²) in [6, 6.07) is 5.99. The van der Waals surface area contributed by atoms with E-state index >= 15 is 0 Å². The Morgan fingerprint density at radius 3 is 2.89 bits per heavy atom. The highest BCUT2D eigenvalue weighted by Gasteiger charge is 2.16. The predicted octanol–water partition coefficient (Wildman–Crippen LogP) is 3.28.